The quantitative estimate of drug-likeness (QED) is 0.311. The van der Waals surface area contributed by atoms with Gasteiger partial charge in [-0.15, -0.1) is 0 Å². The minimum atomic E-state index is 0.781. The fourth-order valence-electron chi connectivity index (χ4n) is 6.25. The number of benzene rings is 1. The van der Waals surface area contributed by atoms with Crippen LogP contribution < -0.4 is 4.74 Å². The first-order chi connectivity index (χ1) is 14.8. The Bertz CT molecular complexity index is 552. The first kappa shape index (κ1) is 23.7. The van der Waals surface area contributed by atoms with Crippen LogP contribution in [0.3, 0.4) is 0 Å². The summed E-state index contributed by atoms with van der Waals surface area (Å²) in [5, 5.41) is 0. The predicted octanol–water partition coefficient (Wildman–Crippen LogP) is 9.31. The number of unbranched alkanes of at least 4 members (excludes halogenated alkanes) is 2. The average Bonchev–Trinajstić information content (AvgIpc) is 2.79. The van der Waals surface area contributed by atoms with E-state index >= 15 is 0 Å². The van der Waals surface area contributed by atoms with Crippen LogP contribution in [-0.2, 0) is 0 Å². The molecule has 2 fully saturated rings. The number of hydrogen-bond acceptors (Lipinski definition) is 1. The minimum absolute atomic E-state index is 0.781. The molecule has 1 heteroatoms. The minimum Gasteiger partial charge on any atom is -0.494 e. The summed E-state index contributed by atoms with van der Waals surface area (Å²) in [6.45, 7) is 5.54. The second-order valence-corrected chi connectivity index (χ2v) is 10.4. The predicted molar refractivity (Wildman–Crippen MR) is 130 cm³/mol. The molecule has 1 aromatic carbocycles. The SMILES string of the molecule is CCCCCC1CCC(c2ccc(OCCCC3CCCCC3CCC)cc2)CC1. The lowest BCUT2D eigenvalue weighted by atomic mass is 9.75. The lowest BCUT2D eigenvalue weighted by Crippen LogP contribution is -2.20. The van der Waals surface area contributed by atoms with E-state index in [0.29, 0.717) is 0 Å². The van der Waals surface area contributed by atoms with Gasteiger partial charge in [0.1, 0.15) is 5.75 Å². The molecule has 0 heterocycles. The molecule has 0 radical (unpaired) electrons. The molecular formula is C29H48O. The molecule has 0 spiro atoms. The Balaban J connectivity index is 1.34. The van der Waals surface area contributed by atoms with Gasteiger partial charge in [0.05, 0.1) is 6.61 Å². The van der Waals surface area contributed by atoms with Crippen molar-refractivity contribution in [3.8, 4) is 5.75 Å². The maximum Gasteiger partial charge on any atom is 0.119 e. The molecule has 3 rings (SSSR count). The van der Waals surface area contributed by atoms with Crippen molar-refractivity contribution in [1.82, 2.24) is 0 Å². The third-order valence-electron chi connectivity index (χ3n) is 8.13. The summed E-state index contributed by atoms with van der Waals surface area (Å²) in [7, 11) is 0. The van der Waals surface area contributed by atoms with Crippen LogP contribution in [0.5, 0.6) is 5.75 Å². The van der Waals surface area contributed by atoms with Gasteiger partial charge in [0.15, 0.2) is 0 Å². The molecule has 0 aliphatic heterocycles. The number of rotatable bonds is 12. The molecule has 0 bridgehead atoms. The van der Waals surface area contributed by atoms with E-state index in [1.54, 1.807) is 5.56 Å². The molecule has 0 N–H and O–H groups in total. The Kier molecular flexibility index (Phi) is 10.6. The van der Waals surface area contributed by atoms with Crippen LogP contribution in [0.2, 0.25) is 0 Å². The van der Waals surface area contributed by atoms with Crippen molar-refractivity contribution in [2.75, 3.05) is 6.61 Å². The van der Waals surface area contributed by atoms with Crippen LogP contribution in [-0.4, -0.2) is 6.61 Å². The molecule has 0 amide bonds. The van der Waals surface area contributed by atoms with E-state index in [1.165, 1.54) is 103 Å². The largest absolute Gasteiger partial charge is 0.494 e. The van der Waals surface area contributed by atoms with Crippen LogP contribution in [0.25, 0.3) is 0 Å². The first-order valence-corrected chi connectivity index (χ1v) is 13.5. The Morgan fingerprint density at radius 2 is 1.40 bits per heavy atom. The van der Waals surface area contributed by atoms with Crippen molar-refractivity contribution in [1.29, 1.82) is 0 Å². The molecule has 30 heavy (non-hydrogen) atoms. The van der Waals surface area contributed by atoms with Crippen molar-refractivity contribution >= 4 is 0 Å². The zero-order chi connectivity index (χ0) is 21.0. The van der Waals surface area contributed by atoms with Crippen LogP contribution >= 0.6 is 0 Å². The van der Waals surface area contributed by atoms with Gasteiger partial charge in [-0.25, -0.2) is 0 Å². The highest BCUT2D eigenvalue weighted by molar-refractivity contribution is 5.29. The van der Waals surface area contributed by atoms with Gasteiger partial charge < -0.3 is 4.74 Å². The maximum atomic E-state index is 6.11. The van der Waals surface area contributed by atoms with Crippen LogP contribution in [0.4, 0.5) is 0 Å². The van der Waals surface area contributed by atoms with Gasteiger partial charge in [-0.3, -0.25) is 0 Å². The summed E-state index contributed by atoms with van der Waals surface area (Å²) >= 11 is 0. The number of hydrogen-bond donors (Lipinski definition) is 0. The summed E-state index contributed by atoms with van der Waals surface area (Å²) < 4.78 is 6.11. The molecule has 2 unspecified atom stereocenters. The van der Waals surface area contributed by atoms with E-state index in [2.05, 4.69) is 38.1 Å². The highest BCUT2D eigenvalue weighted by Crippen LogP contribution is 2.38. The molecule has 2 aliphatic rings. The summed E-state index contributed by atoms with van der Waals surface area (Å²) in [5.41, 5.74) is 1.54. The molecule has 2 atom stereocenters. The molecule has 1 aromatic rings. The molecule has 2 saturated carbocycles. The van der Waals surface area contributed by atoms with Crippen LogP contribution in [0.1, 0.15) is 128 Å². The van der Waals surface area contributed by atoms with Gasteiger partial charge in [-0.1, -0.05) is 90.2 Å². The third-order valence-corrected chi connectivity index (χ3v) is 8.13. The zero-order valence-corrected chi connectivity index (χ0v) is 20.0. The van der Waals surface area contributed by atoms with E-state index in [9.17, 15) is 0 Å². The van der Waals surface area contributed by atoms with Crippen molar-refractivity contribution < 1.29 is 4.74 Å². The van der Waals surface area contributed by atoms with Crippen molar-refractivity contribution in [2.45, 2.75) is 122 Å². The van der Waals surface area contributed by atoms with Crippen molar-refractivity contribution in [3.63, 3.8) is 0 Å². The van der Waals surface area contributed by atoms with Crippen molar-refractivity contribution in [3.05, 3.63) is 29.8 Å². The molecule has 2 aliphatic carbocycles. The van der Waals surface area contributed by atoms with E-state index in [0.717, 1.165) is 36.0 Å². The Morgan fingerprint density at radius 3 is 2.07 bits per heavy atom. The van der Waals surface area contributed by atoms with Gasteiger partial charge in [-0.2, -0.15) is 0 Å². The monoisotopic (exact) mass is 412 g/mol. The lowest BCUT2D eigenvalue weighted by Gasteiger charge is -2.31. The van der Waals surface area contributed by atoms with Gasteiger partial charge in [0.2, 0.25) is 0 Å². The summed E-state index contributed by atoms with van der Waals surface area (Å²) in [6, 6.07) is 9.14. The fourth-order valence-corrected chi connectivity index (χ4v) is 6.25. The van der Waals surface area contributed by atoms with Gasteiger partial charge in [0.25, 0.3) is 0 Å². The molecule has 170 valence electrons. The molecule has 0 aromatic heterocycles. The Morgan fingerprint density at radius 1 is 0.700 bits per heavy atom. The number of ether oxygens (including phenoxy) is 1. The van der Waals surface area contributed by atoms with E-state index in [4.69, 9.17) is 4.74 Å². The fraction of sp³-hybridized carbons (Fsp3) is 0.793. The first-order valence-electron chi connectivity index (χ1n) is 13.5. The zero-order valence-electron chi connectivity index (χ0n) is 20.0. The van der Waals surface area contributed by atoms with Gasteiger partial charge in [-0.05, 0) is 79.9 Å². The molecule has 1 nitrogen and oxygen atoms in total. The standard InChI is InChI=1S/C29H48O/c1-3-5-6-11-24-15-17-27(18-16-24)28-19-21-29(22-20-28)30-23-9-14-26-13-8-7-12-25(26)10-4-2/h19-22,24-27H,3-18,23H2,1-2H3. The Hall–Kier alpha value is -0.980. The summed E-state index contributed by atoms with van der Waals surface area (Å²) in [4.78, 5) is 0. The highest BCUT2D eigenvalue weighted by atomic mass is 16.5. The van der Waals surface area contributed by atoms with E-state index in [1.807, 2.05) is 0 Å². The third kappa shape index (κ3) is 7.61. The highest BCUT2D eigenvalue weighted by Gasteiger charge is 2.24. The maximum absolute atomic E-state index is 6.11. The van der Waals surface area contributed by atoms with Gasteiger partial charge >= 0.3 is 0 Å². The van der Waals surface area contributed by atoms with Crippen LogP contribution in [0, 0.1) is 17.8 Å². The normalized spacial score (nSPS) is 27.1. The van der Waals surface area contributed by atoms with Crippen LogP contribution in [0.15, 0.2) is 24.3 Å². The van der Waals surface area contributed by atoms with E-state index < -0.39 is 0 Å². The summed E-state index contributed by atoms with van der Waals surface area (Å²) in [5.74, 6) is 4.80. The summed E-state index contributed by atoms with van der Waals surface area (Å²) in [6.07, 6.45) is 22.5. The lowest BCUT2D eigenvalue weighted by molar-refractivity contribution is 0.193. The second kappa shape index (κ2) is 13.4. The average molecular weight is 413 g/mol. The molecular weight excluding hydrogens is 364 g/mol. The van der Waals surface area contributed by atoms with Crippen molar-refractivity contribution in [2.24, 2.45) is 17.8 Å². The van der Waals surface area contributed by atoms with Gasteiger partial charge in [0, 0.05) is 0 Å². The topological polar surface area (TPSA) is 9.23 Å². The molecule has 0 saturated heterocycles. The smallest absolute Gasteiger partial charge is 0.119 e. The van der Waals surface area contributed by atoms with E-state index in [-0.39, 0.29) is 0 Å². The Labute approximate surface area is 187 Å². The second-order valence-electron chi connectivity index (χ2n) is 10.4.